The first-order valence-corrected chi connectivity index (χ1v) is 8.80. The minimum Gasteiger partial charge on any atom is -0.344 e. The number of carbonyl (C=O) groups is 2. The van der Waals surface area contributed by atoms with Crippen LogP contribution in [-0.2, 0) is 23.2 Å². The molecular weight excluding hydrogens is 318 g/mol. The van der Waals surface area contributed by atoms with Crippen molar-refractivity contribution in [1.29, 1.82) is 0 Å². The number of amides is 2. The van der Waals surface area contributed by atoms with Crippen molar-refractivity contribution in [1.82, 2.24) is 24.9 Å². The molecule has 1 aromatic rings. The average molecular weight is 349 g/mol. The van der Waals surface area contributed by atoms with Gasteiger partial charge < -0.3 is 15.1 Å². The first-order valence-electron chi connectivity index (χ1n) is 8.80. The lowest BCUT2D eigenvalue weighted by molar-refractivity contribution is -0.132. The Bertz CT molecular complexity index is 625. The van der Waals surface area contributed by atoms with E-state index in [0.29, 0.717) is 13.1 Å². The van der Waals surface area contributed by atoms with E-state index >= 15 is 0 Å². The van der Waals surface area contributed by atoms with E-state index < -0.39 is 0 Å². The van der Waals surface area contributed by atoms with Crippen LogP contribution in [0.1, 0.15) is 32.8 Å². The van der Waals surface area contributed by atoms with Crippen LogP contribution in [0, 0.1) is 11.3 Å². The van der Waals surface area contributed by atoms with Crippen LogP contribution in [0.3, 0.4) is 0 Å². The molecule has 2 atom stereocenters. The van der Waals surface area contributed by atoms with Gasteiger partial charge in [0.15, 0.2) is 0 Å². The van der Waals surface area contributed by atoms with Crippen molar-refractivity contribution >= 4 is 11.8 Å². The highest BCUT2D eigenvalue weighted by atomic mass is 16.2. The number of aromatic nitrogens is 2. The van der Waals surface area contributed by atoms with E-state index in [2.05, 4.69) is 24.3 Å². The van der Waals surface area contributed by atoms with Crippen LogP contribution >= 0.6 is 0 Å². The van der Waals surface area contributed by atoms with Crippen molar-refractivity contribution in [2.24, 2.45) is 18.4 Å². The molecular formula is C18H31N5O2. The van der Waals surface area contributed by atoms with Gasteiger partial charge in [-0.1, -0.05) is 13.8 Å². The third-order valence-electron chi connectivity index (χ3n) is 4.94. The van der Waals surface area contributed by atoms with Gasteiger partial charge in [-0.15, -0.1) is 0 Å². The largest absolute Gasteiger partial charge is 0.344 e. The molecule has 1 heterocycles. The summed E-state index contributed by atoms with van der Waals surface area (Å²) in [6, 6.07) is 0.0616. The molecule has 0 spiro atoms. The van der Waals surface area contributed by atoms with Crippen LogP contribution in [0.2, 0.25) is 0 Å². The Labute approximate surface area is 150 Å². The van der Waals surface area contributed by atoms with Gasteiger partial charge in [0.05, 0.1) is 12.7 Å². The molecule has 0 aromatic carbocycles. The zero-order chi connectivity index (χ0) is 18.8. The van der Waals surface area contributed by atoms with Gasteiger partial charge in [-0.2, -0.15) is 5.10 Å². The van der Waals surface area contributed by atoms with Crippen molar-refractivity contribution in [3.05, 3.63) is 18.0 Å². The molecule has 1 saturated carbocycles. The summed E-state index contributed by atoms with van der Waals surface area (Å²) in [7, 11) is 5.48. The van der Waals surface area contributed by atoms with Crippen LogP contribution in [0.15, 0.2) is 12.4 Å². The maximum Gasteiger partial charge on any atom is 0.236 e. The van der Waals surface area contributed by atoms with E-state index in [-0.39, 0.29) is 35.7 Å². The Hall–Kier alpha value is -1.89. The Morgan fingerprint density at radius 3 is 2.56 bits per heavy atom. The van der Waals surface area contributed by atoms with Crippen molar-refractivity contribution in [2.75, 3.05) is 27.2 Å². The van der Waals surface area contributed by atoms with Gasteiger partial charge in [0.2, 0.25) is 11.8 Å². The van der Waals surface area contributed by atoms with Gasteiger partial charge in [0.25, 0.3) is 0 Å². The van der Waals surface area contributed by atoms with Crippen molar-refractivity contribution < 1.29 is 9.59 Å². The van der Waals surface area contributed by atoms with Crippen molar-refractivity contribution in [3.8, 4) is 0 Å². The zero-order valence-electron chi connectivity index (χ0n) is 16.2. The molecule has 7 heteroatoms. The Morgan fingerprint density at radius 1 is 1.40 bits per heavy atom. The first-order chi connectivity index (χ1) is 11.6. The smallest absolute Gasteiger partial charge is 0.236 e. The lowest BCUT2D eigenvalue weighted by Crippen LogP contribution is -2.44. The number of hydrogen-bond donors (Lipinski definition) is 1. The number of hydrogen-bond acceptors (Lipinski definition) is 4. The quantitative estimate of drug-likeness (QED) is 0.756. The van der Waals surface area contributed by atoms with Gasteiger partial charge in [0, 0.05) is 58.0 Å². The summed E-state index contributed by atoms with van der Waals surface area (Å²) < 4.78 is 1.72. The molecule has 1 N–H and O–H groups in total. The molecule has 140 valence electrons. The zero-order valence-corrected chi connectivity index (χ0v) is 16.2. The van der Waals surface area contributed by atoms with E-state index in [1.807, 2.05) is 27.2 Å². The predicted octanol–water partition coefficient (Wildman–Crippen LogP) is 0.861. The average Bonchev–Trinajstić information content (AvgIpc) is 2.97. The molecule has 1 aliphatic carbocycles. The normalized spacial score (nSPS) is 19.4. The fourth-order valence-electron chi connectivity index (χ4n) is 3.03. The van der Waals surface area contributed by atoms with E-state index in [1.54, 1.807) is 27.7 Å². The predicted molar refractivity (Wildman–Crippen MR) is 96.7 cm³/mol. The second-order valence-corrected chi connectivity index (χ2v) is 8.02. The maximum absolute atomic E-state index is 12.3. The minimum absolute atomic E-state index is 0.0213. The summed E-state index contributed by atoms with van der Waals surface area (Å²) in [5.74, 6) is 0.378. The number of nitrogens with one attached hydrogen (secondary N) is 1. The van der Waals surface area contributed by atoms with E-state index in [1.165, 1.54) is 0 Å². The van der Waals surface area contributed by atoms with E-state index in [0.717, 1.165) is 12.0 Å². The van der Waals surface area contributed by atoms with Crippen molar-refractivity contribution in [3.63, 3.8) is 0 Å². The lowest BCUT2D eigenvalue weighted by atomic mass is 10.1. The van der Waals surface area contributed by atoms with Crippen LogP contribution in [0.4, 0.5) is 0 Å². The molecule has 1 aliphatic rings. The van der Waals surface area contributed by atoms with E-state index in [4.69, 9.17) is 0 Å². The fourth-order valence-corrected chi connectivity index (χ4v) is 3.03. The monoisotopic (exact) mass is 349 g/mol. The van der Waals surface area contributed by atoms with Gasteiger partial charge in [-0.05, 0) is 18.8 Å². The van der Waals surface area contributed by atoms with Gasteiger partial charge >= 0.3 is 0 Å². The number of rotatable bonds is 8. The molecule has 2 amide bonds. The third kappa shape index (κ3) is 5.29. The highest BCUT2D eigenvalue weighted by molar-refractivity contribution is 5.82. The molecule has 0 aliphatic heterocycles. The molecule has 0 saturated heterocycles. The summed E-state index contributed by atoms with van der Waals surface area (Å²) in [4.78, 5) is 28.0. The summed E-state index contributed by atoms with van der Waals surface area (Å²) in [6.45, 7) is 7.65. The minimum atomic E-state index is 0.0213. The second kappa shape index (κ2) is 7.56. The van der Waals surface area contributed by atoms with Gasteiger partial charge in [-0.25, -0.2) is 0 Å². The SMILES string of the molecule is CC(CN(C)C(=O)[C@H]1CC1(C)C)NCC(=O)N(C)Cc1cnn(C)c1. The summed E-state index contributed by atoms with van der Waals surface area (Å²) in [5.41, 5.74) is 1.15. The van der Waals surface area contributed by atoms with Crippen LogP contribution in [0.5, 0.6) is 0 Å². The Balaban J connectivity index is 1.70. The van der Waals surface area contributed by atoms with Crippen LogP contribution < -0.4 is 5.32 Å². The topological polar surface area (TPSA) is 70.5 Å². The molecule has 2 rings (SSSR count). The standard InChI is InChI=1S/C18H31N5O2/c1-13(10-22(5)17(25)15-7-18(15,2)3)19-9-16(24)21(4)11-14-8-20-23(6)12-14/h8,12-13,15,19H,7,9-11H2,1-6H3/t13?,15-/m1/s1. The summed E-state index contributed by atoms with van der Waals surface area (Å²) >= 11 is 0. The second-order valence-electron chi connectivity index (χ2n) is 8.02. The van der Waals surface area contributed by atoms with Crippen LogP contribution in [-0.4, -0.2) is 64.6 Å². The molecule has 25 heavy (non-hydrogen) atoms. The summed E-state index contributed by atoms with van der Waals surface area (Å²) in [6.07, 6.45) is 4.63. The molecule has 0 bridgehead atoms. The highest BCUT2D eigenvalue weighted by Crippen LogP contribution is 2.52. The van der Waals surface area contributed by atoms with Crippen molar-refractivity contribution in [2.45, 2.75) is 39.8 Å². The number of likely N-dealkylation sites (N-methyl/N-ethyl adjacent to an activating group) is 2. The van der Waals surface area contributed by atoms with Crippen LogP contribution in [0.25, 0.3) is 0 Å². The Morgan fingerprint density at radius 2 is 2.04 bits per heavy atom. The highest BCUT2D eigenvalue weighted by Gasteiger charge is 2.51. The third-order valence-corrected chi connectivity index (χ3v) is 4.94. The molecule has 7 nitrogen and oxygen atoms in total. The number of aryl methyl sites for hydroxylation is 1. The van der Waals surface area contributed by atoms with Gasteiger partial charge in [0.1, 0.15) is 0 Å². The van der Waals surface area contributed by atoms with Gasteiger partial charge in [-0.3, -0.25) is 14.3 Å². The molecule has 1 aromatic heterocycles. The fraction of sp³-hybridized carbons (Fsp3) is 0.722. The number of carbonyl (C=O) groups excluding carboxylic acids is 2. The summed E-state index contributed by atoms with van der Waals surface area (Å²) in [5, 5.41) is 7.32. The van der Waals surface area contributed by atoms with E-state index in [9.17, 15) is 9.59 Å². The number of nitrogens with zero attached hydrogens (tertiary/aromatic N) is 4. The Kier molecular flexibility index (Phi) is 5.87. The molecule has 1 unspecified atom stereocenters. The molecule has 0 radical (unpaired) electrons. The first kappa shape index (κ1) is 19.4. The molecule has 1 fully saturated rings. The lowest BCUT2D eigenvalue weighted by Gasteiger charge is -2.24. The maximum atomic E-state index is 12.3.